The van der Waals surface area contributed by atoms with Gasteiger partial charge in [-0.15, -0.1) is 0 Å². The molecule has 1 saturated heterocycles. The number of carbonyl (C=O) groups is 2. The van der Waals surface area contributed by atoms with Crippen molar-refractivity contribution in [3.8, 4) is 0 Å². The molecule has 0 spiro atoms. The van der Waals surface area contributed by atoms with Crippen molar-refractivity contribution in [2.24, 2.45) is 0 Å². The molecule has 9 nitrogen and oxygen atoms in total. The van der Waals surface area contributed by atoms with Crippen LogP contribution in [0.2, 0.25) is 0 Å². The van der Waals surface area contributed by atoms with Gasteiger partial charge in [0.25, 0.3) is 0 Å². The molecule has 1 aliphatic heterocycles. The Bertz CT molecular complexity index is 1030. The Balaban J connectivity index is 1.46. The highest BCUT2D eigenvalue weighted by molar-refractivity contribution is 7.22. The summed E-state index contributed by atoms with van der Waals surface area (Å²) >= 11 is 1.36. The molecule has 0 aliphatic carbocycles. The van der Waals surface area contributed by atoms with Gasteiger partial charge in [0, 0.05) is 26.3 Å². The molecule has 156 valence electrons. The Kier molecular flexibility index (Phi) is 5.70. The number of urea groups is 1. The number of hydrogen-bond donors (Lipinski definition) is 2. The molecule has 1 aromatic carbocycles. The zero-order valence-electron chi connectivity index (χ0n) is 16.2. The highest BCUT2D eigenvalue weighted by atomic mass is 32.1. The molecule has 1 aliphatic rings. The number of para-hydroxylation sites is 1. The van der Waals surface area contributed by atoms with Gasteiger partial charge in [-0.3, -0.25) is 10.1 Å². The van der Waals surface area contributed by atoms with Crippen LogP contribution in [0.5, 0.6) is 0 Å². The highest BCUT2D eigenvalue weighted by Gasteiger charge is 2.35. The zero-order valence-corrected chi connectivity index (χ0v) is 17.0. The van der Waals surface area contributed by atoms with E-state index in [9.17, 15) is 14.0 Å². The van der Waals surface area contributed by atoms with Crippen molar-refractivity contribution in [1.82, 2.24) is 19.9 Å². The van der Waals surface area contributed by atoms with E-state index in [0.29, 0.717) is 29.9 Å². The van der Waals surface area contributed by atoms with Gasteiger partial charge < -0.3 is 15.1 Å². The molecule has 3 heterocycles. The van der Waals surface area contributed by atoms with Gasteiger partial charge in [-0.1, -0.05) is 23.5 Å². The molecule has 11 heteroatoms. The summed E-state index contributed by atoms with van der Waals surface area (Å²) in [6.45, 7) is 0.644. The standard InChI is InChI=1S/C19H20FN7O2S/c1-26(19(29)25-18-23-13-4-2-3-5-15(13)30-18)14-10-27(9-7-12(14)20)17-21-8-6-16(24-17)22-11-28/h2-6,8,11-12,14H,7,9-10H2,1H3,(H,23,25,29)(H,21,22,24,28). The third-order valence-corrected chi connectivity index (χ3v) is 5.91. The molecule has 4 rings (SSSR count). The molecule has 0 bridgehead atoms. The fourth-order valence-corrected chi connectivity index (χ4v) is 4.20. The molecule has 30 heavy (non-hydrogen) atoms. The number of aromatic nitrogens is 3. The lowest BCUT2D eigenvalue weighted by atomic mass is 10.0. The molecular formula is C19H20FN7O2S. The van der Waals surface area contributed by atoms with Crippen LogP contribution in [0, 0.1) is 0 Å². The Hall–Kier alpha value is -3.34. The Morgan fingerprint density at radius 1 is 1.33 bits per heavy atom. The number of benzene rings is 1. The second kappa shape index (κ2) is 8.57. The van der Waals surface area contributed by atoms with Crippen LogP contribution in [-0.2, 0) is 4.79 Å². The molecule has 2 atom stereocenters. The number of nitrogens with zero attached hydrogens (tertiary/aromatic N) is 5. The first-order valence-corrected chi connectivity index (χ1v) is 10.2. The van der Waals surface area contributed by atoms with Gasteiger partial charge in [-0.2, -0.15) is 4.98 Å². The number of halogens is 1. The third kappa shape index (κ3) is 4.15. The lowest BCUT2D eigenvalue weighted by molar-refractivity contribution is -0.105. The predicted octanol–water partition coefficient (Wildman–Crippen LogP) is 2.74. The largest absolute Gasteiger partial charge is 0.338 e. The van der Waals surface area contributed by atoms with Crippen molar-refractivity contribution in [1.29, 1.82) is 0 Å². The maximum atomic E-state index is 14.7. The SMILES string of the molecule is CN(C(=O)Nc1nc2ccccc2s1)C1CN(c2nccc(NC=O)n2)CCC1F. The minimum absolute atomic E-state index is 0.232. The number of alkyl halides is 1. The summed E-state index contributed by atoms with van der Waals surface area (Å²) in [5, 5.41) is 5.70. The fourth-order valence-electron chi connectivity index (χ4n) is 3.35. The first kappa shape index (κ1) is 20.0. The quantitative estimate of drug-likeness (QED) is 0.605. The number of rotatable bonds is 5. The summed E-state index contributed by atoms with van der Waals surface area (Å²) in [6, 6.07) is 8.04. The summed E-state index contributed by atoms with van der Waals surface area (Å²) in [4.78, 5) is 39.4. The summed E-state index contributed by atoms with van der Waals surface area (Å²) in [6.07, 6.45) is 1.11. The van der Waals surface area contributed by atoms with Crippen LogP contribution in [0.4, 0.5) is 26.1 Å². The maximum absolute atomic E-state index is 14.7. The van der Waals surface area contributed by atoms with E-state index >= 15 is 0 Å². The monoisotopic (exact) mass is 429 g/mol. The first-order chi connectivity index (χ1) is 14.5. The Labute approximate surface area is 175 Å². The van der Waals surface area contributed by atoms with Crippen LogP contribution < -0.4 is 15.5 Å². The lowest BCUT2D eigenvalue weighted by Crippen LogP contribution is -2.55. The van der Waals surface area contributed by atoms with E-state index in [1.807, 2.05) is 24.3 Å². The molecule has 0 saturated carbocycles. The third-order valence-electron chi connectivity index (χ3n) is 4.96. The van der Waals surface area contributed by atoms with E-state index < -0.39 is 18.2 Å². The minimum atomic E-state index is -1.18. The predicted molar refractivity (Wildman–Crippen MR) is 114 cm³/mol. The fraction of sp³-hybridized carbons (Fsp3) is 0.316. The Morgan fingerprint density at radius 3 is 2.97 bits per heavy atom. The average Bonchev–Trinajstić information content (AvgIpc) is 3.16. The molecule has 3 amide bonds. The number of thiazole rings is 1. The number of hydrogen-bond acceptors (Lipinski definition) is 7. The summed E-state index contributed by atoms with van der Waals surface area (Å²) in [7, 11) is 1.56. The van der Waals surface area contributed by atoms with E-state index in [0.717, 1.165) is 10.2 Å². The van der Waals surface area contributed by atoms with Gasteiger partial charge in [0.05, 0.1) is 16.3 Å². The topological polar surface area (TPSA) is 103 Å². The van der Waals surface area contributed by atoms with Crippen molar-refractivity contribution < 1.29 is 14.0 Å². The summed E-state index contributed by atoms with van der Waals surface area (Å²) in [5.41, 5.74) is 0.800. The van der Waals surface area contributed by atoms with Crippen molar-refractivity contribution in [2.45, 2.75) is 18.6 Å². The van der Waals surface area contributed by atoms with Crippen LogP contribution in [0.25, 0.3) is 10.2 Å². The smallest absolute Gasteiger partial charge is 0.323 e. The summed E-state index contributed by atoms with van der Waals surface area (Å²) in [5.74, 6) is 0.731. The Morgan fingerprint density at radius 2 is 2.17 bits per heavy atom. The number of nitrogens with one attached hydrogen (secondary N) is 2. The van der Waals surface area contributed by atoms with Crippen LogP contribution in [0.3, 0.4) is 0 Å². The molecule has 2 aromatic heterocycles. The molecule has 2 N–H and O–H groups in total. The first-order valence-electron chi connectivity index (χ1n) is 9.37. The van der Waals surface area contributed by atoms with Gasteiger partial charge in [-0.05, 0) is 24.6 Å². The minimum Gasteiger partial charge on any atom is -0.338 e. The maximum Gasteiger partial charge on any atom is 0.323 e. The zero-order chi connectivity index (χ0) is 21.1. The number of carbonyl (C=O) groups excluding carboxylic acids is 2. The van der Waals surface area contributed by atoms with Crippen LogP contribution in [0.1, 0.15) is 6.42 Å². The van der Waals surface area contributed by atoms with Gasteiger partial charge in [0.1, 0.15) is 12.0 Å². The van der Waals surface area contributed by atoms with Crippen LogP contribution in [-0.4, -0.2) is 64.6 Å². The second-order valence-electron chi connectivity index (χ2n) is 6.85. The highest BCUT2D eigenvalue weighted by Crippen LogP contribution is 2.27. The number of fused-ring (bicyclic) bond motifs is 1. The lowest BCUT2D eigenvalue weighted by Gasteiger charge is -2.39. The molecule has 3 aromatic rings. The normalized spacial score (nSPS) is 18.8. The number of likely N-dealkylation sites (N-methyl/N-ethyl adjacent to an activating group) is 1. The van der Waals surface area contributed by atoms with Gasteiger partial charge in [0.15, 0.2) is 5.13 Å². The van der Waals surface area contributed by atoms with E-state index in [2.05, 4.69) is 25.6 Å². The van der Waals surface area contributed by atoms with Gasteiger partial charge >= 0.3 is 6.03 Å². The molecular weight excluding hydrogens is 409 g/mol. The average molecular weight is 429 g/mol. The van der Waals surface area contributed by atoms with Crippen LogP contribution >= 0.6 is 11.3 Å². The van der Waals surface area contributed by atoms with Crippen molar-refractivity contribution in [3.05, 3.63) is 36.5 Å². The van der Waals surface area contributed by atoms with Crippen LogP contribution in [0.15, 0.2) is 36.5 Å². The van der Waals surface area contributed by atoms with E-state index in [4.69, 9.17) is 0 Å². The van der Waals surface area contributed by atoms with E-state index in [1.54, 1.807) is 18.0 Å². The van der Waals surface area contributed by atoms with E-state index in [-0.39, 0.29) is 13.0 Å². The summed E-state index contributed by atoms with van der Waals surface area (Å²) < 4.78 is 15.7. The van der Waals surface area contributed by atoms with Crippen molar-refractivity contribution in [3.63, 3.8) is 0 Å². The number of anilines is 3. The molecule has 1 fully saturated rings. The number of amides is 3. The molecule has 2 unspecified atom stereocenters. The molecule has 0 radical (unpaired) electrons. The number of piperidine rings is 1. The van der Waals surface area contributed by atoms with Gasteiger partial charge in [0.2, 0.25) is 12.4 Å². The second-order valence-corrected chi connectivity index (χ2v) is 7.88. The van der Waals surface area contributed by atoms with Crippen molar-refractivity contribution >= 4 is 50.9 Å². The van der Waals surface area contributed by atoms with Gasteiger partial charge in [-0.25, -0.2) is 19.2 Å². The van der Waals surface area contributed by atoms with E-state index in [1.165, 1.54) is 22.4 Å². The van der Waals surface area contributed by atoms with Crippen molar-refractivity contribution in [2.75, 3.05) is 35.7 Å².